The Bertz CT molecular complexity index is 897. The molecule has 3 aliphatic rings. The van der Waals surface area contributed by atoms with Crippen LogP contribution in [-0.2, 0) is 9.53 Å². The first-order valence-corrected chi connectivity index (χ1v) is 14.0. The Morgan fingerprint density at radius 1 is 1.08 bits per heavy atom. The maximum atomic E-state index is 13.4. The van der Waals surface area contributed by atoms with Crippen molar-refractivity contribution in [2.45, 2.75) is 77.4 Å². The van der Waals surface area contributed by atoms with Crippen LogP contribution in [-0.4, -0.2) is 74.2 Å². The van der Waals surface area contributed by atoms with Crippen LogP contribution < -0.4 is 10.1 Å². The van der Waals surface area contributed by atoms with Crippen LogP contribution in [0.1, 0.15) is 75.6 Å². The number of benzene rings is 1. The third-order valence-electron chi connectivity index (χ3n) is 8.54. The molecule has 0 bridgehead atoms. The minimum atomic E-state index is -0.0941. The Morgan fingerprint density at radius 3 is 2.50 bits per heavy atom. The van der Waals surface area contributed by atoms with Gasteiger partial charge in [0.2, 0.25) is 5.91 Å². The second-order valence-corrected chi connectivity index (χ2v) is 11.4. The second kappa shape index (κ2) is 12.4. The molecule has 7 nitrogen and oxygen atoms in total. The molecule has 0 spiro atoms. The molecule has 1 heterocycles. The molecule has 2 saturated carbocycles. The molecule has 4 rings (SSSR count). The molecule has 1 N–H and O–H groups in total. The molecule has 1 aromatic carbocycles. The molecule has 1 aromatic rings. The number of methoxy groups -OCH3 is 1. The van der Waals surface area contributed by atoms with Crippen LogP contribution in [0.2, 0.25) is 0 Å². The number of carbonyl (C=O) groups is 2. The number of hydrogen-bond acceptors (Lipinski definition) is 5. The molecule has 2 aliphatic carbocycles. The zero-order valence-electron chi connectivity index (χ0n) is 22.6. The van der Waals surface area contributed by atoms with E-state index in [0.717, 1.165) is 38.3 Å². The molecule has 2 fully saturated rings. The fourth-order valence-corrected chi connectivity index (χ4v) is 5.80. The van der Waals surface area contributed by atoms with E-state index in [1.165, 1.54) is 32.1 Å². The highest BCUT2D eigenvalue weighted by atomic mass is 16.5. The topological polar surface area (TPSA) is 71.1 Å². The average Bonchev–Trinajstić information content (AvgIpc) is 2.83. The summed E-state index contributed by atoms with van der Waals surface area (Å²) in [6, 6.07) is 5.61. The van der Waals surface area contributed by atoms with Gasteiger partial charge in [0, 0.05) is 57.5 Å². The van der Waals surface area contributed by atoms with Gasteiger partial charge in [-0.15, -0.1) is 0 Å². The van der Waals surface area contributed by atoms with Gasteiger partial charge >= 0.3 is 0 Å². The van der Waals surface area contributed by atoms with E-state index in [1.807, 2.05) is 19.2 Å². The number of anilines is 1. The lowest BCUT2D eigenvalue weighted by Gasteiger charge is -2.38. The Balaban J connectivity index is 1.57. The number of amides is 2. The molecular formula is C29H45N3O4. The summed E-state index contributed by atoms with van der Waals surface area (Å²) in [5.74, 6) is 1.60. The van der Waals surface area contributed by atoms with Gasteiger partial charge in [0.1, 0.15) is 12.4 Å². The summed E-state index contributed by atoms with van der Waals surface area (Å²) in [5, 5.41) is 3.03. The Kier molecular flexibility index (Phi) is 9.29. The zero-order chi connectivity index (χ0) is 25.7. The third-order valence-corrected chi connectivity index (χ3v) is 8.54. The van der Waals surface area contributed by atoms with Crippen LogP contribution in [0, 0.1) is 17.8 Å². The lowest BCUT2D eigenvalue weighted by Crippen LogP contribution is -2.48. The second-order valence-electron chi connectivity index (χ2n) is 11.4. The van der Waals surface area contributed by atoms with Gasteiger partial charge in [0.05, 0.1) is 11.7 Å². The smallest absolute Gasteiger partial charge is 0.257 e. The monoisotopic (exact) mass is 499 g/mol. The van der Waals surface area contributed by atoms with Crippen molar-refractivity contribution in [1.29, 1.82) is 0 Å². The van der Waals surface area contributed by atoms with Crippen molar-refractivity contribution in [3.05, 3.63) is 23.8 Å². The van der Waals surface area contributed by atoms with Crippen LogP contribution in [0.25, 0.3) is 0 Å². The molecule has 200 valence electrons. The summed E-state index contributed by atoms with van der Waals surface area (Å²) >= 11 is 0. The van der Waals surface area contributed by atoms with Gasteiger partial charge in [-0.05, 0) is 56.6 Å². The molecule has 3 atom stereocenters. The fourth-order valence-electron chi connectivity index (χ4n) is 5.80. The summed E-state index contributed by atoms with van der Waals surface area (Å²) in [5.41, 5.74) is 1.21. The van der Waals surface area contributed by atoms with E-state index < -0.39 is 0 Å². The highest BCUT2D eigenvalue weighted by molar-refractivity contribution is 5.99. The first kappa shape index (κ1) is 26.9. The van der Waals surface area contributed by atoms with Gasteiger partial charge in [-0.1, -0.05) is 32.6 Å². The van der Waals surface area contributed by atoms with E-state index in [4.69, 9.17) is 9.47 Å². The largest absolute Gasteiger partial charge is 0.491 e. The van der Waals surface area contributed by atoms with Crippen molar-refractivity contribution >= 4 is 17.5 Å². The van der Waals surface area contributed by atoms with Crippen LogP contribution in [0.15, 0.2) is 18.2 Å². The summed E-state index contributed by atoms with van der Waals surface area (Å²) < 4.78 is 12.2. The van der Waals surface area contributed by atoms with Gasteiger partial charge < -0.3 is 19.7 Å². The van der Waals surface area contributed by atoms with Crippen molar-refractivity contribution < 1.29 is 19.1 Å². The fraction of sp³-hybridized carbons (Fsp3) is 0.724. The highest BCUT2D eigenvalue weighted by Crippen LogP contribution is 2.31. The van der Waals surface area contributed by atoms with E-state index in [2.05, 4.69) is 24.1 Å². The highest BCUT2D eigenvalue weighted by Gasteiger charge is 2.30. The van der Waals surface area contributed by atoms with Crippen LogP contribution in [0.4, 0.5) is 5.69 Å². The number of nitrogens with one attached hydrogen (secondary N) is 1. The van der Waals surface area contributed by atoms with E-state index in [-0.39, 0.29) is 35.8 Å². The molecule has 2 amide bonds. The Labute approximate surface area is 216 Å². The minimum absolute atomic E-state index is 0.0511. The van der Waals surface area contributed by atoms with Gasteiger partial charge in [-0.25, -0.2) is 0 Å². The van der Waals surface area contributed by atoms with Crippen LogP contribution >= 0.6 is 0 Å². The quantitative estimate of drug-likeness (QED) is 0.630. The van der Waals surface area contributed by atoms with E-state index >= 15 is 0 Å². The van der Waals surface area contributed by atoms with E-state index in [9.17, 15) is 9.59 Å². The lowest BCUT2D eigenvalue weighted by atomic mass is 9.85. The molecule has 0 radical (unpaired) electrons. The number of nitrogens with zero attached hydrogens (tertiary/aromatic N) is 2. The molecular weight excluding hydrogens is 454 g/mol. The standard InChI is InChI=1S/C29H45N3O4/c1-20-16-32(17-22-9-6-5-7-10-22)21(2)19-36-26-15-24(30-28(33)23-11-8-12-23)13-14-25(26)29(34)31(3)18-27(20)35-4/h13-15,20-23,27H,5-12,16-19H2,1-4H3,(H,30,33)/t20-,21-,27+/m0/s1. The maximum absolute atomic E-state index is 13.4. The van der Waals surface area contributed by atoms with E-state index in [0.29, 0.717) is 30.2 Å². The normalized spacial score (nSPS) is 27.3. The Morgan fingerprint density at radius 2 is 1.83 bits per heavy atom. The number of hydrogen-bond donors (Lipinski definition) is 1. The van der Waals surface area contributed by atoms with Crippen molar-refractivity contribution in [1.82, 2.24) is 9.80 Å². The molecule has 0 saturated heterocycles. The first-order chi connectivity index (χ1) is 17.4. The molecule has 36 heavy (non-hydrogen) atoms. The van der Waals surface area contributed by atoms with E-state index in [1.54, 1.807) is 18.1 Å². The van der Waals surface area contributed by atoms with Crippen LogP contribution in [0.5, 0.6) is 5.75 Å². The van der Waals surface area contributed by atoms with Gasteiger partial charge in [0.15, 0.2) is 0 Å². The number of rotatable bonds is 5. The summed E-state index contributed by atoms with van der Waals surface area (Å²) in [4.78, 5) is 30.2. The van der Waals surface area contributed by atoms with Crippen molar-refractivity contribution in [2.24, 2.45) is 17.8 Å². The van der Waals surface area contributed by atoms with Gasteiger partial charge in [0.25, 0.3) is 5.91 Å². The predicted molar refractivity (Wildman–Crippen MR) is 142 cm³/mol. The maximum Gasteiger partial charge on any atom is 0.257 e. The first-order valence-electron chi connectivity index (χ1n) is 14.0. The lowest BCUT2D eigenvalue weighted by molar-refractivity contribution is -0.122. The molecule has 0 aromatic heterocycles. The van der Waals surface area contributed by atoms with Gasteiger partial charge in [-0.3, -0.25) is 14.5 Å². The van der Waals surface area contributed by atoms with Crippen molar-refractivity contribution in [3.8, 4) is 5.75 Å². The third kappa shape index (κ3) is 6.60. The van der Waals surface area contributed by atoms with Crippen LogP contribution in [0.3, 0.4) is 0 Å². The molecule has 7 heteroatoms. The average molecular weight is 500 g/mol. The molecule has 0 unspecified atom stereocenters. The summed E-state index contributed by atoms with van der Waals surface area (Å²) in [6.45, 7) is 7.43. The number of likely N-dealkylation sites (N-methyl/N-ethyl adjacent to an activating group) is 1. The number of fused-ring (bicyclic) bond motifs is 1. The van der Waals surface area contributed by atoms with Crippen molar-refractivity contribution in [3.63, 3.8) is 0 Å². The number of carbonyl (C=O) groups excluding carboxylic acids is 2. The summed E-state index contributed by atoms with van der Waals surface area (Å²) in [7, 11) is 3.57. The zero-order valence-corrected chi connectivity index (χ0v) is 22.6. The predicted octanol–water partition coefficient (Wildman–Crippen LogP) is 4.81. The summed E-state index contributed by atoms with van der Waals surface area (Å²) in [6.07, 6.45) is 9.58. The Hall–Kier alpha value is -2.12. The van der Waals surface area contributed by atoms with Crippen molar-refractivity contribution in [2.75, 3.05) is 45.7 Å². The van der Waals surface area contributed by atoms with Gasteiger partial charge in [-0.2, -0.15) is 0 Å². The minimum Gasteiger partial charge on any atom is -0.491 e. The molecule has 1 aliphatic heterocycles. The SMILES string of the molecule is CO[C@@H]1CN(C)C(=O)c2ccc(NC(=O)C3CCC3)cc2OC[C@H](C)N(CC2CCCCC2)C[C@@H]1C. The number of ether oxygens (including phenoxy) is 2.